The molecule has 0 saturated carbocycles. The minimum Gasteiger partial charge on any atom is -0.481 e. The van der Waals surface area contributed by atoms with E-state index < -0.39 is 5.97 Å². The van der Waals surface area contributed by atoms with E-state index in [0.29, 0.717) is 24.0 Å². The molecule has 0 saturated heterocycles. The number of carboxylic acids is 1. The van der Waals surface area contributed by atoms with E-state index in [4.69, 9.17) is 9.84 Å². The van der Waals surface area contributed by atoms with Gasteiger partial charge in [-0.05, 0) is 88.9 Å². The Bertz CT molecular complexity index is 989. The monoisotopic (exact) mass is 494 g/mol. The highest BCUT2D eigenvalue weighted by molar-refractivity contribution is 9.11. The highest BCUT2D eigenvalue weighted by Gasteiger charge is 2.14. The van der Waals surface area contributed by atoms with Crippen LogP contribution in [-0.4, -0.2) is 20.6 Å². The second-order valence-electron chi connectivity index (χ2n) is 6.66. The van der Waals surface area contributed by atoms with E-state index >= 15 is 0 Å². The summed E-state index contributed by atoms with van der Waals surface area (Å²) in [6.45, 7) is 6.26. The highest BCUT2D eigenvalue weighted by atomic mass is 79.9. The molecule has 0 aliphatic rings. The van der Waals surface area contributed by atoms with Crippen LogP contribution in [0.5, 0.6) is 11.5 Å². The third kappa shape index (κ3) is 4.35. The summed E-state index contributed by atoms with van der Waals surface area (Å²) in [5.74, 6) is 1.53. The van der Waals surface area contributed by atoms with Gasteiger partial charge in [-0.15, -0.1) is 0 Å². The van der Waals surface area contributed by atoms with Crippen LogP contribution in [0.3, 0.4) is 0 Å². The Labute approximate surface area is 174 Å². The number of carboxylic acid groups (broad SMARTS) is 1. The summed E-state index contributed by atoms with van der Waals surface area (Å²) in [6.07, 6.45) is 0.555. The number of rotatable bonds is 6. The third-order valence-corrected chi connectivity index (χ3v) is 5.44. The molecule has 1 aromatic heterocycles. The van der Waals surface area contributed by atoms with Crippen LogP contribution in [0.2, 0.25) is 0 Å². The number of aryl methyl sites for hydroxylation is 2. The average Bonchev–Trinajstić information content (AvgIpc) is 2.91. The van der Waals surface area contributed by atoms with Crippen molar-refractivity contribution < 1.29 is 14.6 Å². The van der Waals surface area contributed by atoms with Gasteiger partial charge in [-0.25, -0.2) is 4.98 Å². The normalized spacial score (nSPS) is 11.3. The van der Waals surface area contributed by atoms with Crippen molar-refractivity contribution in [3.05, 3.63) is 50.7 Å². The number of aliphatic carboxylic acids is 1. The number of imidazole rings is 1. The van der Waals surface area contributed by atoms with Crippen LogP contribution in [-0.2, 0) is 11.2 Å². The van der Waals surface area contributed by atoms with Gasteiger partial charge in [-0.3, -0.25) is 4.79 Å². The molecule has 0 amide bonds. The third-order valence-electron chi connectivity index (χ3n) is 4.26. The van der Waals surface area contributed by atoms with Crippen LogP contribution in [0.15, 0.2) is 39.3 Å². The molecule has 1 N–H and O–H groups in total. The minimum atomic E-state index is -0.812. The van der Waals surface area contributed by atoms with Crippen LogP contribution >= 0.6 is 31.9 Å². The van der Waals surface area contributed by atoms with E-state index in [0.717, 1.165) is 31.4 Å². The summed E-state index contributed by atoms with van der Waals surface area (Å²) in [4.78, 5) is 15.4. The van der Waals surface area contributed by atoms with Gasteiger partial charge in [0, 0.05) is 18.5 Å². The molecule has 0 spiro atoms. The topological polar surface area (TPSA) is 64.3 Å². The number of fused-ring (bicyclic) bond motifs is 1. The highest BCUT2D eigenvalue weighted by Crippen LogP contribution is 2.39. The first-order valence-electron chi connectivity index (χ1n) is 8.62. The first-order chi connectivity index (χ1) is 12.8. The molecule has 3 aromatic rings. The molecular formula is C20H20Br2N2O3. The Morgan fingerprint density at radius 1 is 1.22 bits per heavy atom. The zero-order chi connectivity index (χ0) is 19.7. The van der Waals surface area contributed by atoms with Crippen LogP contribution in [0.4, 0.5) is 0 Å². The van der Waals surface area contributed by atoms with E-state index in [1.807, 2.05) is 37.3 Å². The van der Waals surface area contributed by atoms with Gasteiger partial charge in [0.25, 0.3) is 0 Å². The Morgan fingerprint density at radius 3 is 2.48 bits per heavy atom. The lowest BCUT2D eigenvalue weighted by Gasteiger charge is -2.14. The second-order valence-corrected chi connectivity index (χ2v) is 8.37. The van der Waals surface area contributed by atoms with Crippen molar-refractivity contribution >= 4 is 48.9 Å². The zero-order valence-corrected chi connectivity index (χ0v) is 18.5. The maximum absolute atomic E-state index is 10.8. The molecule has 0 radical (unpaired) electrons. The summed E-state index contributed by atoms with van der Waals surface area (Å²) in [5.41, 5.74) is 2.90. The van der Waals surface area contributed by atoms with E-state index in [-0.39, 0.29) is 6.42 Å². The van der Waals surface area contributed by atoms with Crippen molar-refractivity contribution in [3.8, 4) is 11.5 Å². The molecular weight excluding hydrogens is 476 g/mol. The number of hydrogen-bond acceptors (Lipinski definition) is 3. The SMILES string of the molecule is Cc1nc2ccc(Oc3c(Br)cc(CCC(=O)O)cc3Br)cc2n1C(C)C. The molecule has 142 valence electrons. The summed E-state index contributed by atoms with van der Waals surface area (Å²) >= 11 is 7.07. The fourth-order valence-electron chi connectivity index (χ4n) is 3.13. The number of ether oxygens (including phenoxy) is 1. The lowest BCUT2D eigenvalue weighted by Crippen LogP contribution is -2.02. The summed E-state index contributed by atoms with van der Waals surface area (Å²) in [6, 6.07) is 9.94. The van der Waals surface area contributed by atoms with Crippen LogP contribution in [0.25, 0.3) is 11.0 Å². The summed E-state index contributed by atoms with van der Waals surface area (Å²) in [7, 11) is 0. The molecule has 0 aliphatic heterocycles. The van der Waals surface area contributed by atoms with Crippen molar-refractivity contribution in [3.63, 3.8) is 0 Å². The number of hydrogen-bond donors (Lipinski definition) is 1. The molecule has 0 unspecified atom stereocenters. The predicted molar refractivity (Wildman–Crippen MR) is 113 cm³/mol. The molecule has 0 atom stereocenters. The largest absolute Gasteiger partial charge is 0.481 e. The van der Waals surface area contributed by atoms with Crippen molar-refractivity contribution in [2.45, 2.75) is 39.7 Å². The number of benzene rings is 2. The number of halogens is 2. The molecule has 3 rings (SSSR count). The number of nitrogens with zero attached hydrogens (tertiary/aromatic N) is 2. The van der Waals surface area contributed by atoms with Crippen LogP contribution < -0.4 is 4.74 Å². The summed E-state index contributed by atoms with van der Waals surface area (Å²) in [5, 5.41) is 8.86. The molecule has 5 nitrogen and oxygen atoms in total. The van der Waals surface area contributed by atoms with E-state index in [2.05, 4.69) is 55.3 Å². The van der Waals surface area contributed by atoms with Crippen molar-refractivity contribution in [1.82, 2.24) is 9.55 Å². The van der Waals surface area contributed by atoms with Crippen LogP contribution in [0.1, 0.15) is 37.7 Å². The molecule has 0 aliphatic carbocycles. The summed E-state index contributed by atoms with van der Waals surface area (Å²) < 4.78 is 9.84. The Kier molecular flexibility index (Phi) is 5.91. The Morgan fingerprint density at radius 2 is 1.89 bits per heavy atom. The van der Waals surface area contributed by atoms with E-state index in [1.54, 1.807) is 0 Å². The fourth-order valence-corrected chi connectivity index (χ4v) is 4.58. The average molecular weight is 496 g/mol. The van der Waals surface area contributed by atoms with Crippen molar-refractivity contribution in [2.75, 3.05) is 0 Å². The van der Waals surface area contributed by atoms with Gasteiger partial charge >= 0.3 is 5.97 Å². The maximum Gasteiger partial charge on any atom is 0.303 e. The molecule has 0 fully saturated rings. The van der Waals surface area contributed by atoms with E-state index in [1.165, 1.54) is 0 Å². The lowest BCUT2D eigenvalue weighted by atomic mass is 10.1. The molecule has 27 heavy (non-hydrogen) atoms. The first-order valence-corrected chi connectivity index (χ1v) is 10.2. The van der Waals surface area contributed by atoms with Gasteiger partial charge < -0.3 is 14.4 Å². The van der Waals surface area contributed by atoms with Gasteiger partial charge in [0.2, 0.25) is 0 Å². The van der Waals surface area contributed by atoms with Gasteiger partial charge in [0.1, 0.15) is 11.6 Å². The zero-order valence-electron chi connectivity index (χ0n) is 15.3. The van der Waals surface area contributed by atoms with Gasteiger partial charge in [0.15, 0.2) is 5.75 Å². The minimum absolute atomic E-state index is 0.0916. The molecule has 2 aromatic carbocycles. The first kappa shape index (κ1) is 19.9. The maximum atomic E-state index is 10.8. The van der Waals surface area contributed by atoms with Crippen molar-refractivity contribution in [1.29, 1.82) is 0 Å². The van der Waals surface area contributed by atoms with Gasteiger partial charge in [0.05, 0.1) is 20.0 Å². The van der Waals surface area contributed by atoms with Crippen molar-refractivity contribution in [2.24, 2.45) is 0 Å². The molecule has 1 heterocycles. The quantitative estimate of drug-likeness (QED) is 0.438. The molecule has 7 heteroatoms. The smallest absolute Gasteiger partial charge is 0.303 e. The number of aromatic nitrogens is 2. The van der Waals surface area contributed by atoms with Crippen LogP contribution in [0, 0.1) is 6.92 Å². The Balaban J connectivity index is 1.93. The second kappa shape index (κ2) is 8.02. The standard InChI is InChI=1S/C20H20Br2N2O3/c1-11(2)24-12(3)23-17-6-5-14(10-18(17)24)27-20-15(21)8-13(9-16(20)22)4-7-19(25)26/h5-6,8-11H,4,7H2,1-3H3,(H,25,26). The Hall–Kier alpha value is -1.86. The fraction of sp³-hybridized carbons (Fsp3) is 0.300. The predicted octanol–water partition coefficient (Wildman–Crippen LogP) is 6.26. The lowest BCUT2D eigenvalue weighted by molar-refractivity contribution is -0.136. The van der Waals surface area contributed by atoms with Gasteiger partial charge in [-0.2, -0.15) is 0 Å². The molecule has 0 bridgehead atoms. The van der Waals surface area contributed by atoms with Gasteiger partial charge in [-0.1, -0.05) is 0 Å². The number of carbonyl (C=O) groups is 1. The van der Waals surface area contributed by atoms with E-state index in [9.17, 15) is 4.79 Å².